The van der Waals surface area contributed by atoms with Gasteiger partial charge in [-0.2, -0.15) is 13.2 Å². The van der Waals surface area contributed by atoms with Crippen molar-refractivity contribution in [1.82, 2.24) is 4.90 Å². The highest BCUT2D eigenvalue weighted by atomic mass is 35.5. The number of hydrogen-bond acceptors (Lipinski definition) is 4. The summed E-state index contributed by atoms with van der Waals surface area (Å²) >= 11 is 5.56. The minimum absolute atomic E-state index is 0.222. The van der Waals surface area contributed by atoms with Crippen molar-refractivity contribution < 1.29 is 22.9 Å². The molecule has 1 fully saturated rings. The third-order valence-electron chi connectivity index (χ3n) is 3.48. The topological polar surface area (TPSA) is 75.5 Å². The zero-order valence-electron chi connectivity index (χ0n) is 11.8. The number of carbonyl (C=O) groups excluding carboxylic acids is 1. The van der Waals surface area contributed by atoms with Crippen LogP contribution in [0.15, 0.2) is 12.1 Å². The highest BCUT2D eigenvalue weighted by Gasteiger charge is 2.36. The Labute approximate surface area is 134 Å². The molecule has 1 N–H and O–H groups in total. The van der Waals surface area contributed by atoms with Gasteiger partial charge in [-0.1, -0.05) is 11.6 Å². The van der Waals surface area contributed by atoms with Crippen molar-refractivity contribution in [2.75, 3.05) is 25.0 Å². The van der Waals surface area contributed by atoms with E-state index in [4.69, 9.17) is 11.6 Å². The third kappa shape index (κ3) is 4.04. The van der Waals surface area contributed by atoms with E-state index >= 15 is 0 Å². The predicted octanol–water partition coefficient (Wildman–Crippen LogP) is 3.30. The van der Waals surface area contributed by atoms with Crippen LogP contribution in [0.5, 0.6) is 0 Å². The Bertz CT molecular complexity index is 631. The van der Waals surface area contributed by atoms with E-state index in [9.17, 15) is 28.1 Å². The second kappa shape index (κ2) is 6.61. The first-order valence-electron chi connectivity index (χ1n) is 6.77. The van der Waals surface area contributed by atoms with Gasteiger partial charge >= 0.3 is 6.18 Å². The molecule has 0 bridgehead atoms. The van der Waals surface area contributed by atoms with Crippen molar-refractivity contribution in [2.45, 2.75) is 19.0 Å². The standard InChI is InChI=1S/C13H13ClF3N3O3/c14-9-6-10(18-7-12(21)19-3-1-2-4-19)11(20(22)23)5-8(9)13(15,16)17/h5-6,18H,1-4,7H2. The van der Waals surface area contributed by atoms with Crippen LogP contribution in [0.25, 0.3) is 0 Å². The van der Waals surface area contributed by atoms with E-state index in [1.54, 1.807) is 4.90 Å². The lowest BCUT2D eigenvalue weighted by Crippen LogP contribution is -2.33. The molecule has 1 aliphatic rings. The van der Waals surface area contributed by atoms with Gasteiger partial charge in [0.1, 0.15) is 5.69 Å². The summed E-state index contributed by atoms with van der Waals surface area (Å²) in [5.74, 6) is -0.271. The van der Waals surface area contributed by atoms with Gasteiger partial charge in [0.25, 0.3) is 5.69 Å². The molecule has 126 valence electrons. The number of hydrogen-bond donors (Lipinski definition) is 1. The minimum Gasteiger partial charge on any atom is -0.371 e. The lowest BCUT2D eigenvalue weighted by atomic mass is 10.1. The molecule has 6 nitrogen and oxygen atoms in total. The van der Waals surface area contributed by atoms with Gasteiger partial charge in [-0.3, -0.25) is 14.9 Å². The number of rotatable bonds is 4. The third-order valence-corrected chi connectivity index (χ3v) is 3.79. The van der Waals surface area contributed by atoms with Crippen LogP contribution in [0.1, 0.15) is 18.4 Å². The smallest absolute Gasteiger partial charge is 0.371 e. The SMILES string of the molecule is O=C(CNc1cc(Cl)c(C(F)(F)F)cc1[N+](=O)[O-])N1CCCC1. The summed E-state index contributed by atoms with van der Waals surface area (Å²) in [6.45, 7) is 0.968. The molecule has 1 heterocycles. The van der Waals surface area contributed by atoms with Crippen LogP contribution in [0.3, 0.4) is 0 Å². The Morgan fingerprint density at radius 3 is 2.48 bits per heavy atom. The summed E-state index contributed by atoms with van der Waals surface area (Å²) in [6, 6.07) is 1.19. The number of likely N-dealkylation sites (tertiary alicyclic amines) is 1. The van der Waals surface area contributed by atoms with E-state index in [1.165, 1.54) is 0 Å². The fourth-order valence-electron chi connectivity index (χ4n) is 2.32. The molecule has 0 aliphatic carbocycles. The largest absolute Gasteiger partial charge is 0.418 e. The maximum absolute atomic E-state index is 12.8. The number of nitro groups is 1. The Kier molecular flexibility index (Phi) is 4.98. The number of benzene rings is 1. The second-order valence-electron chi connectivity index (χ2n) is 5.05. The van der Waals surface area contributed by atoms with Crippen LogP contribution in [0.2, 0.25) is 5.02 Å². The molecule has 0 saturated carbocycles. The molecule has 0 atom stereocenters. The summed E-state index contributed by atoms with van der Waals surface area (Å²) < 4.78 is 38.3. The van der Waals surface area contributed by atoms with E-state index in [0.29, 0.717) is 19.2 Å². The lowest BCUT2D eigenvalue weighted by Gasteiger charge is -2.16. The van der Waals surface area contributed by atoms with Crippen LogP contribution < -0.4 is 5.32 Å². The molecule has 1 aromatic carbocycles. The fourth-order valence-corrected chi connectivity index (χ4v) is 2.59. The maximum Gasteiger partial charge on any atom is 0.418 e. The molecule has 23 heavy (non-hydrogen) atoms. The number of amides is 1. The first-order valence-corrected chi connectivity index (χ1v) is 7.14. The zero-order valence-corrected chi connectivity index (χ0v) is 12.6. The normalized spacial score (nSPS) is 14.9. The average molecular weight is 352 g/mol. The fraction of sp³-hybridized carbons (Fsp3) is 0.462. The van der Waals surface area contributed by atoms with Gasteiger partial charge in [-0.05, 0) is 18.9 Å². The summed E-state index contributed by atoms with van der Waals surface area (Å²) in [5.41, 5.74) is -2.29. The van der Waals surface area contributed by atoms with E-state index in [0.717, 1.165) is 18.9 Å². The van der Waals surface area contributed by atoms with Crippen molar-refractivity contribution in [2.24, 2.45) is 0 Å². The summed E-state index contributed by atoms with van der Waals surface area (Å²) in [7, 11) is 0. The zero-order chi connectivity index (χ0) is 17.2. The van der Waals surface area contributed by atoms with Crippen molar-refractivity contribution >= 4 is 28.9 Å². The molecule has 0 radical (unpaired) electrons. The van der Waals surface area contributed by atoms with Gasteiger partial charge in [-0.25, -0.2) is 0 Å². The van der Waals surface area contributed by atoms with Crippen LogP contribution in [-0.4, -0.2) is 35.4 Å². The Balaban J connectivity index is 2.22. The number of carbonyl (C=O) groups is 1. The van der Waals surface area contributed by atoms with Crippen molar-refractivity contribution in [1.29, 1.82) is 0 Å². The van der Waals surface area contributed by atoms with Gasteiger partial charge in [0, 0.05) is 19.2 Å². The van der Waals surface area contributed by atoms with Gasteiger partial charge in [0.05, 0.1) is 22.1 Å². The molecule has 1 saturated heterocycles. The van der Waals surface area contributed by atoms with Crippen LogP contribution >= 0.6 is 11.6 Å². The van der Waals surface area contributed by atoms with E-state index in [-0.39, 0.29) is 18.1 Å². The van der Waals surface area contributed by atoms with E-state index < -0.39 is 27.4 Å². The highest BCUT2D eigenvalue weighted by molar-refractivity contribution is 6.31. The van der Waals surface area contributed by atoms with Crippen molar-refractivity contribution in [3.63, 3.8) is 0 Å². The van der Waals surface area contributed by atoms with Crippen molar-refractivity contribution in [3.8, 4) is 0 Å². The Morgan fingerprint density at radius 2 is 1.96 bits per heavy atom. The molecule has 0 unspecified atom stereocenters. The molecule has 0 aromatic heterocycles. The average Bonchev–Trinajstić information content (AvgIpc) is 2.97. The van der Waals surface area contributed by atoms with Crippen molar-refractivity contribution in [3.05, 3.63) is 32.8 Å². The first kappa shape index (κ1) is 17.3. The van der Waals surface area contributed by atoms with E-state index in [2.05, 4.69) is 5.32 Å². The molecular formula is C13H13ClF3N3O3. The van der Waals surface area contributed by atoms with Gasteiger partial charge < -0.3 is 10.2 Å². The van der Waals surface area contributed by atoms with Gasteiger partial charge in [0.2, 0.25) is 5.91 Å². The molecular weight excluding hydrogens is 339 g/mol. The lowest BCUT2D eigenvalue weighted by molar-refractivity contribution is -0.384. The molecule has 10 heteroatoms. The highest BCUT2D eigenvalue weighted by Crippen LogP contribution is 2.40. The Morgan fingerprint density at radius 1 is 1.35 bits per heavy atom. The van der Waals surface area contributed by atoms with Crippen LogP contribution in [0.4, 0.5) is 24.5 Å². The predicted molar refractivity (Wildman–Crippen MR) is 77.4 cm³/mol. The van der Waals surface area contributed by atoms with Crippen LogP contribution in [0, 0.1) is 10.1 Å². The number of alkyl halides is 3. The van der Waals surface area contributed by atoms with Gasteiger partial charge in [0.15, 0.2) is 0 Å². The molecule has 1 aromatic rings. The first-order chi connectivity index (χ1) is 10.7. The Hall–Kier alpha value is -2.03. The maximum atomic E-state index is 12.8. The van der Waals surface area contributed by atoms with Gasteiger partial charge in [-0.15, -0.1) is 0 Å². The van der Waals surface area contributed by atoms with E-state index in [1.807, 2.05) is 0 Å². The molecule has 0 spiro atoms. The molecule has 1 aliphatic heterocycles. The minimum atomic E-state index is -4.80. The number of nitrogens with one attached hydrogen (secondary N) is 1. The number of halogens is 4. The number of anilines is 1. The molecule has 1 amide bonds. The van der Waals surface area contributed by atoms with Crippen LogP contribution in [-0.2, 0) is 11.0 Å². The quantitative estimate of drug-likeness (QED) is 0.667. The second-order valence-corrected chi connectivity index (χ2v) is 5.45. The number of nitrogens with zero attached hydrogens (tertiary/aromatic N) is 2. The molecule has 2 rings (SSSR count). The monoisotopic (exact) mass is 351 g/mol. The summed E-state index contributed by atoms with van der Waals surface area (Å²) in [5, 5.41) is 12.8. The number of nitro benzene ring substituents is 1. The summed E-state index contributed by atoms with van der Waals surface area (Å²) in [6.07, 6.45) is -3.03. The summed E-state index contributed by atoms with van der Waals surface area (Å²) in [4.78, 5) is 23.5.